The molecule has 24 heavy (non-hydrogen) atoms. The molecule has 3 heteroatoms. The minimum atomic E-state index is 1.01. The average molecular weight is 332 g/mol. The molecule has 0 saturated heterocycles. The number of nitrogens with one attached hydrogen (secondary N) is 1. The van der Waals surface area contributed by atoms with Crippen molar-refractivity contribution in [1.82, 2.24) is 9.78 Å². The molecule has 1 N–H and O–H groups in total. The molecule has 0 aliphatic heterocycles. The number of aryl methyl sites for hydroxylation is 2. The minimum Gasteiger partial charge on any atom is -0.385 e. The van der Waals surface area contributed by atoms with E-state index in [1.807, 2.05) is 31.8 Å². The Morgan fingerprint density at radius 1 is 0.958 bits per heavy atom. The Hall–Kier alpha value is -1.77. The minimum absolute atomic E-state index is 1.01. The van der Waals surface area contributed by atoms with Crippen LogP contribution in [0.2, 0.25) is 0 Å². The zero-order chi connectivity index (χ0) is 18.4. The van der Waals surface area contributed by atoms with Crippen molar-refractivity contribution in [3.8, 4) is 11.3 Å². The van der Waals surface area contributed by atoms with Crippen LogP contribution in [0.3, 0.4) is 0 Å². The standard InChI is InChI=1S/C15H21N3.C4H10.C2H6/c1-4-7-16-14-10-12(5-2)9-13(11-14)15-6-8-18(3)17-15;1-3-4-2;1-2/h6,8-11,16H,4-5,7H2,1-3H3;3-4H2,1-2H3;1-2H3. The predicted molar refractivity (Wildman–Crippen MR) is 109 cm³/mol. The van der Waals surface area contributed by atoms with Crippen LogP contribution < -0.4 is 5.32 Å². The molecular formula is C21H37N3. The maximum Gasteiger partial charge on any atom is 0.0923 e. The molecule has 0 aliphatic rings. The van der Waals surface area contributed by atoms with Crippen LogP contribution in [-0.4, -0.2) is 16.3 Å². The van der Waals surface area contributed by atoms with E-state index in [1.54, 1.807) is 0 Å². The van der Waals surface area contributed by atoms with Gasteiger partial charge in [0.2, 0.25) is 0 Å². The van der Waals surface area contributed by atoms with Gasteiger partial charge in [0.25, 0.3) is 0 Å². The van der Waals surface area contributed by atoms with Crippen LogP contribution in [-0.2, 0) is 13.5 Å². The van der Waals surface area contributed by atoms with Crippen LogP contribution in [0.25, 0.3) is 11.3 Å². The number of anilines is 1. The van der Waals surface area contributed by atoms with Gasteiger partial charge in [0.15, 0.2) is 0 Å². The molecule has 1 aromatic heterocycles. The quantitative estimate of drug-likeness (QED) is 0.672. The van der Waals surface area contributed by atoms with Gasteiger partial charge in [-0.3, -0.25) is 4.68 Å². The van der Waals surface area contributed by atoms with Crippen molar-refractivity contribution in [2.24, 2.45) is 7.05 Å². The highest BCUT2D eigenvalue weighted by molar-refractivity contribution is 5.66. The Kier molecular flexibility index (Phi) is 12.6. The van der Waals surface area contributed by atoms with Gasteiger partial charge in [0, 0.05) is 31.0 Å². The third kappa shape index (κ3) is 8.19. The van der Waals surface area contributed by atoms with E-state index in [1.165, 1.54) is 29.7 Å². The third-order valence-electron chi connectivity index (χ3n) is 3.49. The highest BCUT2D eigenvalue weighted by Crippen LogP contribution is 2.23. The van der Waals surface area contributed by atoms with Crippen molar-refractivity contribution in [2.45, 2.75) is 67.2 Å². The lowest BCUT2D eigenvalue weighted by Gasteiger charge is -2.09. The molecule has 0 fully saturated rings. The van der Waals surface area contributed by atoms with E-state index in [-0.39, 0.29) is 0 Å². The molecule has 2 aromatic rings. The monoisotopic (exact) mass is 331 g/mol. The van der Waals surface area contributed by atoms with Gasteiger partial charge in [0.1, 0.15) is 0 Å². The topological polar surface area (TPSA) is 29.9 Å². The van der Waals surface area contributed by atoms with Gasteiger partial charge in [0.05, 0.1) is 5.69 Å². The van der Waals surface area contributed by atoms with Gasteiger partial charge in [-0.1, -0.05) is 54.4 Å². The number of aromatic nitrogens is 2. The molecule has 2 rings (SSSR count). The van der Waals surface area contributed by atoms with E-state index in [4.69, 9.17) is 0 Å². The number of hydrogen-bond acceptors (Lipinski definition) is 2. The van der Waals surface area contributed by atoms with Gasteiger partial charge in [-0.25, -0.2) is 0 Å². The van der Waals surface area contributed by atoms with Crippen LogP contribution in [0.4, 0.5) is 5.69 Å². The third-order valence-corrected chi connectivity index (χ3v) is 3.49. The van der Waals surface area contributed by atoms with E-state index in [9.17, 15) is 0 Å². The van der Waals surface area contributed by atoms with Gasteiger partial charge in [-0.15, -0.1) is 0 Å². The van der Waals surface area contributed by atoms with E-state index in [0.29, 0.717) is 0 Å². The summed E-state index contributed by atoms with van der Waals surface area (Å²) in [6.07, 6.45) is 6.80. The predicted octanol–water partition coefficient (Wildman–Crippen LogP) is 6.30. The fourth-order valence-electron chi connectivity index (χ4n) is 1.98. The number of unbranched alkanes of at least 4 members (excludes halogenated alkanes) is 1. The largest absolute Gasteiger partial charge is 0.385 e. The maximum atomic E-state index is 4.47. The Morgan fingerprint density at radius 2 is 1.62 bits per heavy atom. The zero-order valence-electron chi connectivity index (χ0n) is 16.8. The first kappa shape index (κ1) is 22.2. The van der Waals surface area contributed by atoms with Crippen LogP contribution in [0, 0.1) is 0 Å². The van der Waals surface area contributed by atoms with Crippen molar-refractivity contribution in [1.29, 1.82) is 0 Å². The van der Waals surface area contributed by atoms with Crippen LogP contribution in [0.15, 0.2) is 30.5 Å². The smallest absolute Gasteiger partial charge is 0.0923 e. The van der Waals surface area contributed by atoms with Gasteiger partial charge in [-0.05, 0) is 42.7 Å². The summed E-state index contributed by atoms with van der Waals surface area (Å²) < 4.78 is 1.84. The molecule has 0 amide bonds. The Balaban J connectivity index is 0.000000773. The number of rotatable bonds is 6. The molecule has 0 atom stereocenters. The molecule has 3 nitrogen and oxygen atoms in total. The van der Waals surface area contributed by atoms with Crippen molar-refractivity contribution < 1.29 is 0 Å². The van der Waals surface area contributed by atoms with Crippen molar-refractivity contribution in [3.63, 3.8) is 0 Å². The lowest BCUT2D eigenvalue weighted by molar-refractivity contribution is 0.771. The fraction of sp³-hybridized carbons (Fsp3) is 0.571. The second kappa shape index (κ2) is 13.6. The Bertz CT molecular complexity index is 542. The molecule has 0 bridgehead atoms. The first-order chi connectivity index (χ1) is 11.6. The second-order valence-electron chi connectivity index (χ2n) is 5.57. The molecule has 0 unspecified atom stereocenters. The van der Waals surface area contributed by atoms with Crippen LogP contribution in [0.5, 0.6) is 0 Å². The second-order valence-corrected chi connectivity index (χ2v) is 5.57. The molecule has 0 aliphatic carbocycles. The fourth-order valence-corrected chi connectivity index (χ4v) is 1.98. The van der Waals surface area contributed by atoms with Crippen molar-refractivity contribution in [2.75, 3.05) is 11.9 Å². The summed E-state index contributed by atoms with van der Waals surface area (Å²) in [5.74, 6) is 0. The molecular weight excluding hydrogens is 294 g/mol. The van der Waals surface area contributed by atoms with E-state index in [2.05, 4.69) is 62.4 Å². The van der Waals surface area contributed by atoms with Gasteiger partial charge < -0.3 is 5.32 Å². The molecule has 0 spiro atoms. The summed E-state index contributed by atoms with van der Waals surface area (Å²) in [4.78, 5) is 0. The molecule has 136 valence electrons. The van der Waals surface area contributed by atoms with E-state index in [0.717, 1.165) is 25.1 Å². The number of benzene rings is 1. The Labute approximate surface area is 149 Å². The van der Waals surface area contributed by atoms with Crippen molar-refractivity contribution >= 4 is 5.69 Å². The number of hydrogen-bond donors (Lipinski definition) is 1. The maximum absolute atomic E-state index is 4.47. The molecule has 1 aromatic carbocycles. The molecule has 1 heterocycles. The summed E-state index contributed by atoms with van der Waals surface area (Å²) in [6, 6.07) is 8.68. The van der Waals surface area contributed by atoms with Crippen LogP contribution in [0.1, 0.15) is 66.4 Å². The van der Waals surface area contributed by atoms with E-state index < -0.39 is 0 Å². The lowest BCUT2D eigenvalue weighted by Crippen LogP contribution is -2.00. The summed E-state index contributed by atoms with van der Waals surface area (Å²) in [5, 5.41) is 7.92. The lowest BCUT2D eigenvalue weighted by atomic mass is 10.0. The summed E-state index contributed by atoms with van der Waals surface area (Å²) in [6.45, 7) is 13.7. The van der Waals surface area contributed by atoms with Crippen molar-refractivity contribution in [3.05, 3.63) is 36.0 Å². The first-order valence-corrected chi connectivity index (χ1v) is 9.52. The highest BCUT2D eigenvalue weighted by Gasteiger charge is 2.05. The van der Waals surface area contributed by atoms with Gasteiger partial charge >= 0.3 is 0 Å². The zero-order valence-corrected chi connectivity index (χ0v) is 16.8. The summed E-state index contributed by atoms with van der Waals surface area (Å²) in [7, 11) is 1.95. The summed E-state index contributed by atoms with van der Waals surface area (Å²) >= 11 is 0. The first-order valence-electron chi connectivity index (χ1n) is 9.52. The van der Waals surface area contributed by atoms with Gasteiger partial charge in [-0.2, -0.15) is 5.10 Å². The molecule has 0 saturated carbocycles. The SMILES string of the molecule is CC.CCCC.CCCNc1cc(CC)cc(-c2ccn(C)n2)c1. The summed E-state index contributed by atoms with van der Waals surface area (Å²) in [5.41, 5.74) is 4.76. The van der Waals surface area contributed by atoms with E-state index >= 15 is 0 Å². The Morgan fingerprint density at radius 3 is 2.08 bits per heavy atom. The highest BCUT2D eigenvalue weighted by atomic mass is 15.2. The van der Waals surface area contributed by atoms with Crippen LogP contribution >= 0.6 is 0 Å². The molecule has 0 radical (unpaired) electrons. The number of nitrogens with zero attached hydrogens (tertiary/aromatic N) is 2. The average Bonchev–Trinajstić information content (AvgIpc) is 3.08. The normalized spacial score (nSPS) is 9.46.